The van der Waals surface area contributed by atoms with Crippen LogP contribution >= 0.6 is 11.6 Å². The Labute approximate surface area is 146 Å². The van der Waals surface area contributed by atoms with Crippen LogP contribution in [-0.2, 0) is 0 Å². The predicted octanol–water partition coefficient (Wildman–Crippen LogP) is 3.25. The average molecular weight is 348 g/mol. The molecule has 3 amide bonds. The normalized spacial score (nSPS) is 33.1. The summed E-state index contributed by atoms with van der Waals surface area (Å²) in [6.07, 6.45) is 7.23. The van der Waals surface area contributed by atoms with Crippen LogP contribution in [-0.4, -0.2) is 17.5 Å². The number of hydrogen-bond donors (Lipinski definition) is 3. The van der Waals surface area contributed by atoms with Crippen molar-refractivity contribution in [2.75, 3.05) is 0 Å². The maximum Gasteiger partial charge on any atom is 0.333 e. The highest BCUT2D eigenvalue weighted by Crippen LogP contribution is 2.55. The van der Waals surface area contributed by atoms with Crippen LogP contribution in [0.25, 0.3) is 0 Å². The summed E-state index contributed by atoms with van der Waals surface area (Å²) in [6.45, 7) is 0. The van der Waals surface area contributed by atoms with Crippen LogP contribution < -0.4 is 16.2 Å². The van der Waals surface area contributed by atoms with Crippen LogP contribution in [0.4, 0.5) is 4.79 Å². The fourth-order valence-corrected chi connectivity index (χ4v) is 5.45. The number of halogens is 1. The lowest BCUT2D eigenvalue weighted by Crippen LogP contribution is -2.62. The zero-order valence-corrected chi connectivity index (χ0v) is 14.2. The number of amides is 3. The monoisotopic (exact) mass is 347 g/mol. The van der Waals surface area contributed by atoms with Gasteiger partial charge in [-0.05, 0) is 80.5 Å². The van der Waals surface area contributed by atoms with Crippen LogP contribution in [0.15, 0.2) is 24.3 Å². The Morgan fingerprint density at radius 2 is 1.46 bits per heavy atom. The summed E-state index contributed by atoms with van der Waals surface area (Å²) in [5.74, 6) is 1.94. The summed E-state index contributed by atoms with van der Waals surface area (Å²) < 4.78 is 0. The van der Waals surface area contributed by atoms with E-state index in [-0.39, 0.29) is 17.5 Å². The zero-order chi connectivity index (χ0) is 16.7. The standard InChI is InChI=1S/C18H22ClN3O2/c19-15-3-1-14(2-4-15)16(23)21-22-17(24)20-18-8-11-5-12(9-18)7-13(6-11)10-18/h1-4,11-13H,5-10H2,(H,21,23)(H2,20,22,24). The van der Waals surface area contributed by atoms with E-state index in [2.05, 4.69) is 16.2 Å². The molecule has 0 unspecified atom stereocenters. The van der Waals surface area contributed by atoms with Crippen molar-refractivity contribution in [3.63, 3.8) is 0 Å². The summed E-state index contributed by atoms with van der Waals surface area (Å²) in [7, 11) is 0. The Hall–Kier alpha value is -1.75. The summed E-state index contributed by atoms with van der Waals surface area (Å²) >= 11 is 5.80. The van der Waals surface area contributed by atoms with Gasteiger partial charge in [-0.3, -0.25) is 10.2 Å². The molecule has 0 heterocycles. The Morgan fingerprint density at radius 3 is 2.00 bits per heavy atom. The van der Waals surface area contributed by atoms with Gasteiger partial charge in [0.15, 0.2) is 0 Å². The third-order valence-electron chi connectivity index (χ3n) is 5.81. The van der Waals surface area contributed by atoms with Crippen molar-refractivity contribution in [1.29, 1.82) is 0 Å². The lowest BCUT2D eigenvalue weighted by molar-refractivity contribution is -0.0137. The van der Waals surface area contributed by atoms with Gasteiger partial charge in [-0.1, -0.05) is 11.6 Å². The number of hydrazine groups is 1. The van der Waals surface area contributed by atoms with Crippen molar-refractivity contribution in [3.8, 4) is 0 Å². The molecule has 5 nitrogen and oxygen atoms in total. The van der Waals surface area contributed by atoms with Gasteiger partial charge >= 0.3 is 6.03 Å². The Kier molecular flexibility index (Phi) is 3.91. The summed E-state index contributed by atoms with van der Waals surface area (Å²) in [5.41, 5.74) is 5.33. The molecule has 1 aromatic rings. The first kappa shape index (κ1) is 15.8. The van der Waals surface area contributed by atoms with Gasteiger partial charge in [-0.25, -0.2) is 10.2 Å². The number of urea groups is 1. The van der Waals surface area contributed by atoms with E-state index in [4.69, 9.17) is 11.6 Å². The van der Waals surface area contributed by atoms with Gasteiger partial charge in [0.05, 0.1) is 0 Å². The molecule has 128 valence electrons. The van der Waals surface area contributed by atoms with Crippen LogP contribution in [0.1, 0.15) is 48.9 Å². The highest BCUT2D eigenvalue weighted by Gasteiger charge is 2.51. The largest absolute Gasteiger partial charge is 0.333 e. The molecule has 0 aliphatic heterocycles. The van der Waals surface area contributed by atoms with Crippen LogP contribution in [0.5, 0.6) is 0 Å². The number of nitrogens with one attached hydrogen (secondary N) is 3. The molecule has 6 heteroatoms. The van der Waals surface area contributed by atoms with E-state index in [9.17, 15) is 9.59 Å². The van der Waals surface area contributed by atoms with E-state index in [1.165, 1.54) is 19.3 Å². The second kappa shape index (κ2) is 5.96. The Balaban J connectivity index is 1.32. The van der Waals surface area contributed by atoms with Crippen LogP contribution in [0.2, 0.25) is 5.02 Å². The summed E-state index contributed by atoms with van der Waals surface area (Å²) in [5, 5.41) is 3.72. The smallest absolute Gasteiger partial charge is 0.331 e. The van der Waals surface area contributed by atoms with Gasteiger partial charge in [-0.15, -0.1) is 0 Å². The average Bonchev–Trinajstić information content (AvgIpc) is 2.51. The third-order valence-corrected chi connectivity index (χ3v) is 6.06. The van der Waals surface area contributed by atoms with Crippen molar-refractivity contribution in [1.82, 2.24) is 16.2 Å². The second-order valence-electron chi connectivity index (χ2n) is 7.74. The molecule has 0 spiro atoms. The number of rotatable bonds is 2. The van der Waals surface area contributed by atoms with E-state index in [1.807, 2.05) is 0 Å². The molecule has 4 aliphatic rings. The molecule has 4 bridgehead atoms. The SMILES string of the molecule is O=C(NNC(=O)c1ccc(Cl)cc1)NC12CC3CC(CC(C3)C1)C2. The van der Waals surface area contributed by atoms with Crippen molar-refractivity contribution in [3.05, 3.63) is 34.9 Å². The minimum absolute atomic E-state index is 0.0656. The molecule has 3 N–H and O–H groups in total. The molecule has 1 aromatic carbocycles. The van der Waals surface area contributed by atoms with Gasteiger partial charge < -0.3 is 5.32 Å². The second-order valence-corrected chi connectivity index (χ2v) is 8.17. The quantitative estimate of drug-likeness (QED) is 0.719. The van der Waals surface area contributed by atoms with Crippen molar-refractivity contribution < 1.29 is 9.59 Å². The molecule has 0 atom stereocenters. The molecule has 5 rings (SSSR count). The fourth-order valence-electron chi connectivity index (χ4n) is 5.32. The van der Waals surface area contributed by atoms with E-state index < -0.39 is 0 Å². The van der Waals surface area contributed by atoms with E-state index >= 15 is 0 Å². The highest BCUT2D eigenvalue weighted by atomic mass is 35.5. The number of hydrogen-bond acceptors (Lipinski definition) is 2. The van der Waals surface area contributed by atoms with Gasteiger partial charge in [0.1, 0.15) is 0 Å². The van der Waals surface area contributed by atoms with E-state index in [1.54, 1.807) is 24.3 Å². The molecule has 0 saturated heterocycles. The topological polar surface area (TPSA) is 70.2 Å². The van der Waals surface area contributed by atoms with E-state index in [0.717, 1.165) is 37.0 Å². The van der Waals surface area contributed by atoms with Crippen LogP contribution in [0, 0.1) is 17.8 Å². The lowest BCUT2D eigenvalue weighted by atomic mass is 9.53. The highest BCUT2D eigenvalue weighted by molar-refractivity contribution is 6.30. The first-order valence-electron chi connectivity index (χ1n) is 8.65. The van der Waals surface area contributed by atoms with Gasteiger partial charge in [-0.2, -0.15) is 0 Å². The lowest BCUT2D eigenvalue weighted by Gasteiger charge is -2.56. The minimum atomic E-state index is -0.354. The first-order chi connectivity index (χ1) is 11.5. The van der Waals surface area contributed by atoms with Gasteiger partial charge in [0.2, 0.25) is 0 Å². The maximum absolute atomic E-state index is 12.3. The van der Waals surface area contributed by atoms with Gasteiger partial charge in [0, 0.05) is 16.1 Å². The predicted molar refractivity (Wildman–Crippen MR) is 91.5 cm³/mol. The summed E-state index contributed by atoms with van der Waals surface area (Å²) in [6, 6.07) is 6.21. The van der Waals surface area contributed by atoms with Crippen LogP contribution in [0.3, 0.4) is 0 Å². The van der Waals surface area contributed by atoms with Crippen molar-refractivity contribution >= 4 is 23.5 Å². The fraction of sp³-hybridized carbons (Fsp3) is 0.556. The molecule has 4 aliphatic carbocycles. The molecule has 0 radical (unpaired) electrons. The molecule has 24 heavy (non-hydrogen) atoms. The van der Waals surface area contributed by atoms with E-state index in [0.29, 0.717) is 10.6 Å². The number of carbonyl (C=O) groups excluding carboxylic acids is 2. The molecular weight excluding hydrogens is 326 g/mol. The van der Waals surface area contributed by atoms with Gasteiger partial charge in [0.25, 0.3) is 5.91 Å². The molecule has 0 aromatic heterocycles. The zero-order valence-electron chi connectivity index (χ0n) is 13.5. The first-order valence-corrected chi connectivity index (χ1v) is 9.03. The maximum atomic E-state index is 12.3. The summed E-state index contributed by atoms with van der Waals surface area (Å²) in [4.78, 5) is 24.3. The van der Waals surface area contributed by atoms with Crippen molar-refractivity contribution in [2.24, 2.45) is 17.8 Å². The molecule has 4 fully saturated rings. The Bertz CT molecular complexity index is 623. The Morgan fingerprint density at radius 1 is 0.917 bits per heavy atom. The van der Waals surface area contributed by atoms with Crippen molar-refractivity contribution in [2.45, 2.75) is 44.1 Å². The molecule has 4 saturated carbocycles. The molecular formula is C18H22ClN3O2. The number of carbonyl (C=O) groups is 2. The third kappa shape index (κ3) is 3.09. The number of benzene rings is 1. The minimum Gasteiger partial charge on any atom is -0.331 e.